The van der Waals surface area contributed by atoms with E-state index < -0.39 is 16.1 Å². The highest BCUT2D eigenvalue weighted by Crippen LogP contribution is 2.38. The summed E-state index contributed by atoms with van der Waals surface area (Å²) in [5.74, 6) is 1.69. The summed E-state index contributed by atoms with van der Waals surface area (Å²) in [5.41, 5.74) is 2.02. The van der Waals surface area contributed by atoms with Crippen LogP contribution < -0.4 is 14.8 Å². The van der Waals surface area contributed by atoms with Crippen LogP contribution in [0.1, 0.15) is 12.8 Å². The van der Waals surface area contributed by atoms with Gasteiger partial charge in [0.1, 0.15) is 24.2 Å². The van der Waals surface area contributed by atoms with E-state index in [0.29, 0.717) is 37.1 Å². The molecule has 0 radical (unpaired) electrons. The predicted octanol–water partition coefficient (Wildman–Crippen LogP) is 4.52. The van der Waals surface area contributed by atoms with Crippen LogP contribution in [0.15, 0.2) is 70.0 Å². The van der Waals surface area contributed by atoms with Gasteiger partial charge in [0, 0.05) is 30.5 Å². The number of aliphatic hydroxyl groups excluding tert-OH is 1. The number of aliphatic hydroxyl groups is 1. The molecule has 1 unspecified atom stereocenters. The molecule has 0 bridgehead atoms. The minimum absolute atomic E-state index is 0.156. The lowest BCUT2D eigenvalue weighted by atomic mass is 9.98. The minimum atomic E-state index is -3.51. The van der Waals surface area contributed by atoms with E-state index in [9.17, 15) is 13.5 Å². The molecule has 0 amide bonds. The van der Waals surface area contributed by atoms with Gasteiger partial charge in [0.15, 0.2) is 0 Å². The lowest BCUT2D eigenvalue weighted by Crippen LogP contribution is -2.42. The normalized spacial score (nSPS) is 16.2. The van der Waals surface area contributed by atoms with Crippen LogP contribution in [0, 0.1) is 5.92 Å². The fourth-order valence-corrected chi connectivity index (χ4v) is 6.88. The smallest absolute Gasteiger partial charge is 0.243 e. The molecule has 3 aromatic carbocycles. The van der Waals surface area contributed by atoms with Gasteiger partial charge in [0.05, 0.1) is 27.4 Å². The zero-order valence-corrected chi connectivity index (χ0v) is 23.6. The van der Waals surface area contributed by atoms with E-state index in [-0.39, 0.29) is 11.5 Å². The van der Waals surface area contributed by atoms with Gasteiger partial charge in [0.25, 0.3) is 0 Å². The Kier molecular flexibility index (Phi) is 8.25. The number of nitrogens with one attached hydrogen (secondary N) is 2. The summed E-state index contributed by atoms with van der Waals surface area (Å²) >= 11 is 3.59. The van der Waals surface area contributed by atoms with Crippen molar-refractivity contribution in [3.8, 4) is 11.5 Å². The van der Waals surface area contributed by atoms with E-state index in [4.69, 9.17) is 9.47 Å². The highest BCUT2D eigenvalue weighted by atomic mass is 79.9. The number of piperidine rings is 1. The molecule has 0 aliphatic carbocycles. The second-order valence-corrected chi connectivity index (χ2v) is 12.4. The fourth-order valence-electron chi connectivity index (χ4n) is 4.97. The van der Waals surface area contributed by atoms with Crippen molar-refractivity contribution in [3.05, 3.63) is 65.1 Å². The molecule has 1 aliphatic rings. The first-order chi connectivity index (χ1) is 18.4. The molecule has 3 N–H and O–H groups in total. The van der Waals surface area contributed by atoms with Gasteiger partial charge in [-0.3, -0.25) is 0 Å². The molecule has 0 saturated carbocycles. The number of sulfonamides is 1. The molecule has 202 valence electrons. The van der Waals surface area contributed by atoms with Crippen molar-refractivity contribution in [2.24, 2.45) is 5.92 Å². The number of halogens is 1. The average Bonchev–Trinajstić information content (AvgIpc) is 3.32. The van der Waals surface area contributed by atoms with Crippen LogP contribution in [0.3, 0.4) is 0 Å². The van der Waals surface area contributed by atoms with Gasteiger partial charge in [0.2, 0.25) is 10.0 Å². The van der Waals surface area contributed by atoms with Gasteiger partial charge >= 0.3 is 0 Å². The first kappa shape index (κ1) is 27.0. The van der Waals surface area contributed by atoms with Gasteiger partial charge in [-0.1, -0.05) is 18.2 Å². The second-order valence-electron chi connectivity index (χ2n) is 9.62. The monoisotopic (exact) mass is 601 g/mol. The highest BCUT2D eigenvalue weighted by molar-refractivity contribution is 9.10. The third-order valence-corrected chi connectivity index (χ3v) is 9.62. The summed E-state index contributed by atoms with van der Waals surface area (Å²) in [6.45, 7) is 2.23. The number of fused-ring (bicyclic) bond motifs is 3. The number of methoxy groups -OCH3 is 1. The Hall–Kier alpha value is -2.63. The molecule has 4 aromatic rings. The first-order valence-electron chi connectivity index (χ1n) is 12.7. The molecule has 8 nitrogen and oxygen atoms in total. The van der Waals surface area contributed by atoms with E-state index in [1.165, 1.54) is 0 Å². The number of aromatic nitrogens is 1. The van der Waals surface area contributed by atoms with Crippen LogP contribution in [0.5, 0.6) is 11.5 Å². The summed E-state index contributed by atoms with van der Waals surface area (Å²) in [5, 5.41) is 16.0. The van der Waals surface area contributed by atoms with Crippen molar-refractivity contribution in [2.75, 3.05) is 39.9 Å². The van der Waals surface area contributed by atoms with Crippen LogP contribution in [0.25, 0.3) is 21.8 Å². The molecule has 0 spiro atoms. The maximum atomic E-state index is 13.0. The molecule has 10 heteroatoms. The number of rotatable bonds is 10. The Labute approximate surface area is 231 Å². The van der Waals surface area contributed by atoms with Gasteiger partial charge in [-0.25, -0.2) is 8.42 Å². The van der Waals surface area contributed by atoms with E-state index in [1.807, 2.05) is 30.3 Å². The number of nitrogens with zero attached hydrogens (tertiary/aromatic N) is 1. The molecular formula is C28H32BrN3O5S. The number of para-hydroxylation sites is 1. The molecule has 1 atom stereocenters. The third kappa shape index (κ3) is 5.69. The predicted molar refractivity (Wildman–Crippen MR) is 152 cm³/mol. The van der Waals surface area contributed by atoms with Crippen LogP contribution in [-0.4, -0.2) is 68.8 Å². The molecule has 5 rings (SSSR count). The highest BCUT2D eigenvalue weighted by Gasteiger charge is 2.29. The minimum Gasteiger partial charge on any atom is -0.497 e. The Balaban J connectivity index is 1.10. The summed E-state index contributed by atoms with van der Waals surface area (Å²) in [4.78, 5) is 3.69. The number of benzene rings is 3. The van der Waals surface area contributed by atoms with Crippen LogP contribution in [-0.2, 0) is 10.0 Å². The number of ether oxygens (including phenoxy) is 2. The zero-order chi connectivity index (χ0) is 26.7. The maximum absolute atomic E-state index is 13.0. The Morgan fingerprint density at radius 1 is 1.08 bits per heavy atom. The lowest BCUT2D eigenvalue weighted by Gasteiger charge is -2.31. The van der Waals surface area contributed by atoms with E-state index in [0.717, 1.165) is 45.7 Å². The Bertz CT molecular complexity index is 1500. The number of hydrogen-bond acceptors (Lipinski definition) is 6. The van der Waals surface area contributed by atoms with Crippen molar-refractivity contribution in [2.45, 2.75) is 23.8 Å². The first-order valence-corrected chi connectivity index (χ1v) is 14.9. The third-order valence-electron chi connectivity index (χ3n) is 7.08. The van der Waals surface area contributed by atoms with Gasteiger partial charge < -0.3 is 24.9 Å². The standard InChI is InChI=1S/C28H32BrN3O5S/c1-36-21-6-8-22(9-7-21)38(34,35)32-14-12-19(13-15-32)16-30-17-20(33)18-37-28-24(29)10-11-26-27(28)23-4-2-3-5-25(23)31-26/h2-11,19-20,30-31,33H,12-18H2,1H3. The van der Waals surface area contributed by atoms with Gasteiger partial charge in [-0.2, -0.15) is 4.31 Å². The van der Waals surface area contributed by atoms with Crippen LogP contribution >= 0.6 is 15.9 Å². The number of aromatic amines is 1. The van der Waals surface area contributed by atoms with Crippen LogP contribution in [0.4, 0.5) is 0 Å². The maximum Gasteiger partial charge on any atom is 0.243 e. The molecule has 2 heterocycles. The quantitative estimate of drug-likeness (QED) is 0.247. The molecule has 38 heavy (non-hydrogen) atoms. The van der Waals surface area contributed by atoms with Crippen molar-refractivity contribution in [3.63, 3.8) is 0 Å². The summed E-state index contributed by atoms with van der Waals surface area (Å²) < 4.78 is 39.5. The Morgan fingerprint density at radius 3 is 2.55 bits per heavy atom. The van der Waals surface area contributed by atoms with Crippen LogP contribution in [0.2, 0.25) is 0 Å². The number of H-pyrrole nitrogens is 1. The largest absolute Gasteiger partial charge is 0.497 e. The summed E-state index contributed by atoms with van der Waals surface area (Å²) in [6.07, 6.45) is 0.854. The average molecular weight is 603 g/mol. The number of hydrogen-bond donors (Lipinski definition) is 3. The lowest BCUT2D eigenvalue weighted by molar-refractivity contribution is 0.105. The second kappa shape index (κ2) is 11.6. The topological polar surface area (TPSA) is 104 Å². The SMILES string of the molecule is COc1ccc(S(=O)(=O)N2CCC(CNCC(O)COc3c(Br)ccc4[nH]c5ccccc5c34)CC2)cc1. The van der Waals surface area contributed by atoms with E-state index in [2.05, 4.69) is 32.3 Å². The van der Waals surface area contributed by atoms with Gasteiger partial charge in [-0.15, -0.1) is 0 Å². The van der Waals surface area contributed by atoms with Gasteiger partial charge in [-0.05, 0) is 83.7 Å². The van der Waals surface area contributed by atoms with E-state index in [1.54, 1.807) is 35.7 Å². The van der Waals surface area contributed by atoms with E-state index >= 15 is 0 Å². The molecule has 1 aliphatic heterocycles. The fraction of sp³-hybridized carbons (Fsp3) is 0.357. The van der Waals surface area contributed by atoms with Crippen molar-refractivity contribution in [1.29, 1.82) is 0 Å². The molecule has 1 aromatic heterocycles. The molecular weight excluding hydrogens is 570 g/mol. The van der Waals surface area contributed by atoms with Crippen molar-refractivity contribution < 1.29 is 23.0 Å². The van der Waals surface area contributed by atoms with Crippen molar-refractivity contribution >= 4 is 47.8 Å². The molecule has 1 fully saturated rings. The Morgan fingerprint density at radius 2 is 1.82 bits per heavy atom. The summed E-state index contributed by atoms with van der Waals surface area (Å²) in [6, 6.07) is 18.5. The van der Waals surface area contributed by atoms with Crippen molar-refractivity contribution in [1.82, 2.24) is 14.6 Å². The summed E-state index contributed by atoms with van der Waals surface area (Å²) in [7, 11) is -1.96. The zero-order valence-electron chi connectivity index (χ0n) is 21.2. The molecule has 1 saturated heterocycles.